The lowest BCUT2D eigenvalue weighted by atomic mass is 10.1. The molecule has 0 spiro atoms. The van der Waals surface area contributed by atoms with Crippen molar-refractivity contribution >= 4 is 23.7 Å². The van der Waals surface area contributed by atoms with Gasteiger partial charge in [-0.2, -0.15) is 5.10 Å². The second kappa shape index (κ2) is 7.74. The summed E-state index contributed by atoms with van der Waals surface area (Å²) in [4.78, 5) is 13.5. The Kier molecular flexibility index (Phi) is 5.41. The lowest BCUT2D eigenvalue weighted by molar-refractivity contribution is 0.101. The second-order valence-corrected chi connectivity index (χ2v) is 7.93. The van der Waals surface area contributed by atoms with E-state index in [0.29, 0.717) is 23.3 Å². The molecule has 1 N–H and O–H groups in total. The van der Waals surface area contributed by atoms with Gasteiger partial charge in [0.1, 0.15) is 0 Å². The Morgan fingerprint density at radius 1 is 1.27 bits per heavy atom. The first-order valence-electron chi connectivity index (χ1n) is 8.30. The smallest absolute Gasteiger partial charge is 0.322 e. The molecule has 0 radical (unpaired) electrons. The Labute approximate surface area is 156 Å². The van der Waals surface area contributed by atoms with Crippen molar-refractivity contribution < 1.29 is 9.21 Å². The van der Waals surface area contributed by atoms with Gasteiger partial charge in [0, 0.05) is 29.0 Å². The van der Waals surface area contributed by atoms with Crippen molar-refractivity contribution in [2.75, 3.05) is 5.32 Å². The Hall–Kier alpha value is -2.61. The third-order valence-electron chi connectivity index (χ3n) is 3.56. The number of aryl methyl sites for hydroxylation is 2. The molecule has 136 valence electrons. The largest absolute Gasteiger partial charge is 0.407 e. The van der Waals surface area contributed by atoms with Crippen LogP contribution in [0.5, 0.6) is 0 Å². The van der Waals surface area contributed by atoms with Crippen molar-refractivity contribution in [1.82, 2.24) is 20.0 Å². The van der Waals surface area contributed by atoms with Crippen LogP contribution < -0.4 is 5.32 Å². The SMILES string of the molecule is Cc1cn(C)nc1C(=O)Nc1nnc(Cc2ccc(SC(C)C)cc2)o1. The maximum absolute atomic E-state index is 12.2. The lowest BCUT2D eigenvalue weighted by Gasteiger charge is -2.05. The van der Waals surface area contributed by atoms with Crippen molar-refractivity contribution in [3.63, 3.8) is 0 Å². The van der Waals surface area contributed by atoms with Gasteiger partial charge < -0.3 is 4.42 Å². The minimum Gasteiger partial charge on any atom is -0.407 e. The maximum atomic E-state index is 12.2. The topological polar surface area (TPSA) is 85.8 Å². The number of thioether (sulfide) groups is 1. The van der Waals surface area contributed by atoms with Crippen LogP contribution in [-0.4, -0.2) is 31.1 Å². The molecule has 0 aliphatic rings. The molecular weight excluding hydrogens is 350 g/mol. The number of hydrogen-bond donors (Lipinski definition) is 1. The number of hydrogen-bond acceptors (Lipinski definition) is 6. The highest BCUT2D eigenvalue weighted by atomic mass is 32.2. The van der Waals surface area contributed by atoms with Crippen molar-refractivity contribution in [2.45, 2.75) is 37.3 Å². The molecule has 1 aromatic carbocycles. The Morgan fingerprint density at radius 3 is 2.62 bits per heavy atom. The molecule has 7 nitrogen and oxygen atoms in total. The van der Waals surface area contributed by atoms with Gasteiger partial charge in [-0.15, -0.1) is 16.9 Å². The first-order valence-corrected chi connectivity index (χ1v) is 9.18. The minimum atomic E-state index is -0.367. The number of carbonyl (C=O) groups is 1. The zero-order chi connectivity index (χ0) is 18.7. The average molecular weight is 371 g/mol. The summed E-state index contributed by atoms with van der Waals surface area (Å²) >= 11 is 1.82. The highest BCUT2D eigenvalue weighted by Crippen LogP contribution is 2.23. The molecule has 0 saturated carbocycles. The van der Waals surface area contributed by atoms with Gasteiger partial charge in [0.2, 0.25) is 5.89 Å². The van der Waals surface area contributed by atoms with Gasteiger partial charge in [0.15, 0.2) is 5.69 Å². The van der Waals surface area contributed by atoms with Gasteiger partial charge in [0.25, 0.3) is 5.91 Å². The van der Waals surface area contributed by atoms with Crippen LogP contribution in [-0.2, 0) is 13.5 Å². The van der Waals surface area contributed by atoms with Crippen molar-refractivity contribution in [3.8, 4) is 0 Å². The molecule has 2 heterocycles. The molecule has 0 aliphatic heterocycles. The van der Waals surface area contributed by atoms with Gasteiger partial charge in [0.05, 0.1) is 6.42 Å². The summed E-state index contributed by atoms with van der Waals surface area (Å²) in [5.41, 5.74) is 2.19. The van der Waals surface area contributed by atoms with E-state index in [0.717, 1.165) is 11.1 Å². The highest BCUT2D eigenvalue weighted by Gasteiger charge is 2.16. The molecule has 0 atom stereocenters. The quantitative estimate of drug-likeness (QED) is 0.668. The molecule has 0 fully saturated rings. The first-order chi connectivity index (χ1) is 12.4. The molecule has 0 bridgehead atoms. The summed E-state index contributed by atoms with van der Waals surface area (Å²) in [6.45, 7) is 6.15. The molecule has 3 aromatic rings. The summed E-state index contributed by atoms with van der Waals surface area (Å²) in [6, 6.07) is 8.34. The average Bonchev–Trinajstić information content (AvgIpc) is 3.14. The van der Waals surface area contributed by atoms with E-state index in [2.05, 4.69) is 46.6 Å². The van der Waals surface area contributed by atoms with Gasteiger partial charge in [-0.05, 0) is 24.6 Å². The van der Waals surface area contributed by atoms with Crippen LogP contribution in [0.3, 0.4) is 0 Å². The van der Waals surface area contributed by atoms with E-state index < -0.39 is 0 Å². The molecular formula is C18H21N5O2S. The maximum Gasteiger partial charge on any atom is 0.322 e. The zero-order valence-corrected chi connectivity index (χ0v) is 16.0. The normalized spacial score (nSPS) is 11.1. The predicted octanol–water partition coefficient (Wildman–Crippen LogP) is 3.46. The monoisotopic (exact) mass is 371 g/mol. The summed E-state index contributed by atoms with van der Waals surface area (Å²) in [5, 5.41) is 15.1. The fourth-order valence-electron chi connectivity index (χ4n) is 2.50. The standard InChI is InChI=1S/C18H21N5O2S/c1-11(2)26-14-7-5-13(6-8-14)9-15-20-21-18(25-15)19-17(24)16-12(3)10-23(4)22-16/h5-8,10-11H,9H2,1-4H3,(H,19,21,24). The van der Waals surface area contributed by atoms with Crippen molar-refractivity contribution in [3.05, 3.63) is 53.2 Å². The van der Waals surface area contributed by atoms with Crippen molar-refractivity contribution in [2.24, 2.45) is 7.05 Å². The summed E-state index contributed by atoms with van der Waals surface area (Å²) in [5.74, 6) is 0.0793. The molecule has 1 amide bonds. The summed E-state index contributed by atoms with van der Waals surface area (Å²) in [6.07, 6.45) is 2.29. The zero-order valence-electron chi connectivity index (χ0n) is 15.2. The molecule has 0 aliphatic carbocycles. The van der Waals surface area contributed by atoms with Crippen LogP contribution in [0.2, 0.25) is 0 Å². The van der Waals surface area contributed by atoms with Crippen LogP contribution in [0.1, 0.15) is 41.4 Å². The number of anilines is 1. The molecule has 0 unspecified atom stereocenters. The Balaban J connectivity index is 1.62. The number of amides is 1. The number of benzene rings is 1. The number of nitrogens with one attached hydrogen (secondary N) is 1. The number of rotatable bonds is 6. The van der Waals surface area contributed by atoms with Crippen LogP contribution in [0, 0.1) is 6.92 Å². The van der Waals surface area contributed by atoms with E-state index in [4.69, 9.17) is 4.42 Å². The number of carbonyl (C=O) groups excluding carboxylic acids is 1. The molecule has 3 rings (SSSR count). The van der Waals surface area contributed by atoms with Crippen LogP contribution in [0.25, 0.3) is 0 Å². The fraction of sp³-hybridized carbons (Fsp3) is 0.333. The van der Waals surface area contributed by atoms with E-state index in [1.54, 1.807) is 17.9 Å². The van der Waals surface area contributed by atoms with E-state index in [-0.39, 0.29) is 11.9 Å². The molecule has 8 heteroatoms. The third kappa shape index (κ3) is 4.51. The van der Waals surface area contributed by atoms with E-state index >= 15 is 0 Å². The summed E-state index contributed by atoms with van der Waals surface area (Å²) in [7, 11) is 1.76. The number of aromatic nitrogens is 4. The second-order valence-electron chi connectivity index (χ2n) is 6.28. The predicted molar refractivity (Wildman–Crippen MR) is 100 cm³/mol. The van der Waals surface area contributed by atoms with E-state index in [9.17, 15) is 4.79 Å². The van der Waals surface area contributed by atoms with E-state index in [1.165, 1.54) is 4.90 Å². The minimum absolute atomic E-state index is 0.0713. The van der Waals surface area contributed by atoms with Gasteiger partial charge >= 0.3 is 6.01 Å². The van der Waals surface area contributed by atoms with Crippen LogP contribution in [0.4, 0.5) is 6.01 Å². The van der Waals surface area contributed by atoms with Crippen LogP contribution in [0.15, 0.2) is 39.8 Å². The van der Waals surface area contributed by atoms with E-state index in [1.807, 2.05) is 30.8 Å². The summed E-state index contributed by atoms with van der Waals surface area (Å²) < 4.78 is 7.12. The number of nitrogens with zero attached hydrogens (tertiary/aromatic N) is 4. The Morgan fingerprint density at radius 2 is 2.00 bits per heavy atom. The van der Waals surface area contributed by atoms with Gasteiger partial charge in [-0.25, -0.2) is 0 Å². The Bertz CT molecular complexity index is 899. The molecule has 26 heavy (non-hydrogen) atoms. The lowest BCUT2D eigenvalue weighted by Crippen LogP contribution is -2.14. The first kappa shape index (κ1) is 18.2. The van der Waals surface area contributed by atoms with Gasteiger partial charge in [-0.3, -0.25) is 14.8 Å². The van der Waals surface area contributed by atoms with Crippen LogP contribution >= 0.6 is 11.8 Å². The highest BCUT2D eigenvalue weighted by molar-refractivity contribution is 7.99. The van der Waals surface area contributed by atoms with Crippen molar-refractivity contribution in [1.29, 1.82) is 0 Å². The third-order valence-corrected chi connectivity index (χ3v) is 4.58. The fourth-order valence-corrected chi connectivity index (χ4v) is 3.33. The van der Waals surface area contributed by atoms with Gasteiger partial charge in [-0.1, -0.05) is 31.1 Å². The molecule has 0 saturated heterocycles. The molecule has 2 aromatic heterocycles.